The number of nitrogens with one attached hydrogen (secondary N) is 2. The molecular weight excluding hydrogens is 256 g/mol. The van der Waals surface area contributed by atoms with Crippen molar-refractivity contribution in [1.29, 1.82) is 0 Å². The van der Waals surface area contributed by atoms with Gasteiger partial charge in [0.25, 0.3) is 5.91 Å². The van der Waals surface area contributed by atoms with Crippen LogP contribution in [0.2, 0.25) is 0 Å². The summed E-state index contributed by atoms with van der Waals surface area (Å²) in [5, 5.41) is 2.98. The Kier molecular flexibility index (Phi) is 4.24. The molecule has 1 aliphatic rings. The van der Waals surface area contributed by atoms with Crippen molar-refractivity contribution in [2.75, 3.05) is 19.0 Å². The molecule has 6 heteroatoms. The Labute approximate surface area is 118 Å². The molecule has 1 atom stereocenters. The first-order valence-electron chi connectivity index (χ1n) is 6.63. The van der Waals surface area contributed by atoms with Crippen LogP contribution in [0.5, 0.6) is 0 Å². The van der Waals surface area contributed by atoms with E-state index in [-0.39, 0.29) is 17.9 Å². The highest BCUT2D eigenvalue weighted by Gasteiger charge is 2.24. The highest BCUT2D eigenvalue weighted by molar-refractivity contribution is 5.96. The van der Waals surface area contributed by atoms with Crippen molar-refractivity contribution in [3.63, 3.8) is 0 Å². The highest BCUT2D eigenvalue weighted by Crippen LogP contribution is 2.16. The predicted molar refractivity (Wildman–Crippen MR) is 77.1 cm³/mol. The van der Waals surface area contributed by atoms with E-state index in [0.29, 0.717) is 24.9 Å². The molecule has 1 aromatic carbocycles. The van der Waals surface area contributed by atoms with Gasteiger partial charge in [-0.25, -0.2) is 0 Å². The van der Waals surface area contributed by atoms with Crippen LogP contribution in [0.25, 0.3) is 0 Å². The van der Waals surface area contributed by atoms with Crippen molar-refractivity contribution in [2.24, 2.45) is 5.84 Å². The summed E-state index contributed by atoms with van der Waals surface area (Å²) in [6.45, 7) is 2.43. The van der Waals surface area contributed by atoms with Gasteiger partial charge in [0.1, 0.15) is 0 Å². The number of likely N-dealkylation sites (tertiary alicyclic amines) is 1. The van der Waals surface area contributed by atoms with E-state index >= 15 is 0 Å². The summed E-state index contributed by atoms with van der Waals surface area (Å²) in [5.41, 5.74) is 4.80. The number of nitrogens with two attached hydrogens (primary N) is 1. The van der Waals surface area contributed by atoms with Crippen LogP contribution >= 0.6 is 0 Å². The predicted octanol–water partition coefficient (Wildman–Crippen LogP) is 0.631. The second-order valence-corrected chi connectivity index (χ2v) is 5.16. The van der Waals surface area contributed by atoms with E-state index in [1.54, 1.807) is 24.1 Å². The number of nitrogens with zero attached hydrogens (tertiary/aromatic N) is 1. The molecule has 0 bridgehead atoms. The van der Waals surface area contributed by atoms with Gasteiger partial charge < -0.3 is 15.6 Å². The SMILES string of the molecule is Cc1cc(NN)ccc1C(=O)NC1CCC(=O)N(C)C1. The van der Waals surface area contributed by atoms with Crippen molar-refractivity contribution in [2.45, 2.75) is 25.8 Å². The van der Waals surface area contributed by atoms with E-state index in [0.717, 1.165) is 11.3 Å². The van der Waals surface area contributed by atoms with Crippen molar-refractivity contribution < 1.29 is 9.59 Å². The van der Waals surface area contributed by atoms with Crippen molar-refractivity contribution >= 4 is 17.5 Å². The lowest BCUT2D eigenvalue weighted by molar-refractivity contribution is -0.132. The molecule has 20 heavy (non-hydrogen) atoms. The van der Waals surface area contributed by atoms with Crippen molar-refractivity contribution in [1.82, 2.24) is 10.2 Å². The maximum Gasteiger partial charge on any atom is 0.251 e. The molecule has 2 amide bonds. The number of carbonyl (C=O) groups excluding carboxylic acids is 2. The van der Waals surface area contributed by atoms with Gasteiger partial charge in [0.2, 0.25) is 5.91 Å². The zero-order chi connectivity index (χ0) is 14.7. The average molecular weight is 276 g/mol. The fourth-order valence-electron chi connectivity index (χ4n) is 2.40. The van der Waals surface area contributed by atoms with Crippen molar-refractivity contribution in [3.8, 4) is 0 Å². The number of likely N-dealkylation sites (N-methyl/N-ethyl adjacent to an activating group) is 1. The molecule has 6 nitrogen and oxygen atoms in total. The molecule has 2 rings (SSSR count). The minimum Gasteiger partial charge on any atom is -0.348 e. The van der Waals surface area contributed by atoms with E-state index in [1.807, 2.05) is 13.0 Å². The molecule has 4 N–H and O–H groups in total. The summed E-state index contributed by atoms with van der Waals surface area (Å²) in [4.78, 5) is 25.3. The van der Waals surface area contributed by atoms with Gasteiger partial charge in [-0.2, -0.15) is 0 Å². The molecule has 1 unspecified atom stereocenters. The monoisotopic (exact) mass is 276 g/mol. The Morgan fingerprint density at radius 2 is 2.20 bits per heavy atom. The Balaban J connectivity index is 2.03. The molecule has 1 heterocycles. The third-order valence-electron chi connectivity index (χ3n) is 3.60. The fraction of sp³-hybridized carbons (Fsp3) is 0.429. The summed E-state index contributed by atoms with van der Waals surface area (Å²) >= 11 is 0. The third kappa shape index (κ3) is 3.08. The number of hydrogen-bond acceptors (Lipinski definition) is 4. The Hall–Kier alpha value is -2.08. The lowest BCUT2D eigenvalue weighted by atomic mass is 10.0. The number of anilines is 1. The number of carbonyl (C=O) groups is 2. The van der Waals surface area contributed by atoms with E-state index in [1.165, 1.54) is 0 Å². The molecule has 1 saturated heterocycles. The number of rotatable bonds is 3. The molecule has 0 aliphatic carbocycles. The number of nitrogen functional groups attached to an aromatic ring is 1. The molecule has 0 radical (unpaired) electrons. The summed E-state index contributed by atoms with van der Waals surface area (Å²) in [7, 11) is 1.76. The first-order chi connectivity index (χ1) is 9.51. The van der Waals surface area contributed by atoms with Crippen LogP contribution in [-0.2, 0) is 4.79 Å². The number of aryl methyl sites for hydroxylation is 1. The normalized spacial score (nSPS) is 18.9. The van der Waals surface area contributed by atoms with Crippen LogP contribution in [-0.4, -0.2) is 36.3 Å². The van der Waals surface area contributed by atoms with Gasteiger partial charge in [-0.05, 0) is 37.1 Å². The van der Waals surface area contributed by atoms with E-state index in [9.17, 15) is 9.59 Å². The third-order valence-corrected chi connectivity index (χ3v) is 3.60. The molecule has 108 valence electrons. The summed E-state index contributed by atoms with van der Waals surface area (Å²) in [6, 6.07) is 5.35. The summed E-state index contributed by atoms with van der Waals surface area (Å²) in [5.74, 6) is 5.35. The number of amides is 2. The minimum absolute atomic E-state index is 0.0110. The molecular formula is C14H20N4O2. The van der Waals surface area contributed by atoms with Gasteiger partial charge in [0.05, 0.1) is 0 Å². The van der Waals surface area contributed by atoms with Crippen LogP contribution in [0.3, 0.4) is 0 Å². The van der Waals surface area contributed by atoms with Gasteiger partial charge in [-0.3, -0.25) is 15.4 Å². The summed E-state index contributed by atoms with van der Waals surface area (Å²) < 4.78 is 0. The first kappa shape index (κ1) is 14.3. The lowest BCUT2D eigenvalue weighted by Gasteiger charge is -2.30. The Morgan fingerprint density at radius 1 is 1.45 bits per heavy atom. The molecule has 1 aliphatic heterocycles. The topological polar surface area (TPSA) is 87.5 Å². The zero-order valence-corrected chi connectivity index (χ0v) is 11.8. The fourth-order valence-corrected chi connectivity index (χ4v) is 2.40. The number of hydrazine groups is 1. The lowest BCUT2D eigenvalue weighted by Crippen LogP contribution is -2.48. The van der Waals surface area contributed by atoms with Crippen molar-refractivity contribution in [3.05, 3.63) is 29.3 Å². The first-order valence-corrected chi connectivity index (χ1v) is 6.63. The number of piperidine rings is 1. The zero-order valence-electron chi connectivity index (χ0n) is 11.8. The van der Waals surface area contributed by atoms with Crippen LogP contribution in [0.4, 0.5) is 5.69 Å². The average Bonchev–Trinajstić information content (AvgIpc) is 2.42. The van der Waals surface area contributed by atoms with Crippen LogP contribution in [0.1, 0.15) is 28.8 Å². The Morgan fingerprint density at radius 3 is 2.80 bits per heavy atom. The van der Waals surface area contributed by atoms with Crippen LogP contribution in [0.15, 0.2) is 18.2 Å². The molecule has 0 saturated carbocycles. The second-order valence-electron chi connectivity index (χ2n) is 5.16. The molecule has 0 aromatic heterocycles. The largest absolute Gasteiger partial charge is 0.348 e. The van der Waals surface area contributed by atoms with Gasteiger partial charge >= 0.3 is 0 Å². The quantitative estimate of drug-likeness (QED) is 0.558. The van der Waals surface area contributed by atoms with Gasteiger partial charge in [0, 0.05) is 37.3 Å². The Bertz CT molecular complexity index is 530. The minimum atomic E-state index is -0.112. The second kappa shape index (κ2) is 5.92. The van der Waals surface area contributed by atoms with Gasteiger partial charge in [0.15, 0.2) is 0 Å². The van der Waals surface area contributed by atoms with Gasteiger partial charge in [-0.1, -0.05) is 0 Å². The van der Waals surface area contributed by atoms with E-state index in [2.05, 4.69) is 10.7 Å². The highest BCUT2D eigenvalue weighted by atomic mass is 16.2. The maximum atomic E-state index is 12.3. The molecule has 1 fully saturated rings. The standard InChI is InChI=1S/C14H20N4O2/c1-9-7-10(17-15)3-5-12(9)14(20)16-11-4-6-13(19)18(2)8-11/h3,5,7,11,17H,4,6,8,15H2,1-2H3,(H,16,20). The van der Waals surface area contributed by atoms with E-state index < -0.39 is 0 Å². The number of hydrogen-bond donors (Lipinski definition) is 3. The van der Waals surface area contributed by atoms with Crippen LogP contribution < -0.4 is 16.6 Å². The summed E-state index contributed by atoms with van der Waals surface area (Å²) in [6.07, 6.45) is 1.17. The van der Waals surface area contributed by atoms with Crippen LogP contribution in [0, 0.1) is 6.92 Å². The maximum absolute atomic E-state index is 12.3. The van der Waals surface area contributed by atoms with Gasteiger partial charge in [-0.15, -0.1) is 0 Å². The molecule has 1 aromatic rings. The molecule has 0 spiro atoms. The van der Waals surface area contributed by atoms with E-state index in [4.69, 9.17) is 5.84 Å². The smallest absolute Gasteiger partial charge is 0.251 e. The number of benzene rings is 1.